The highest BCUT2D eigenvalue weighted by Gasteiger charge is 2.07. The van der Waals surface area contributed by atoms with Gasteiger partial charge in [0.2, 0.25) is 0 Å². The van der Waals surface area contributed by atoms with E-state index in [0.29, 0.717) is 24.5 Å². The molecule has 1 aromatic heterocycles. The van der Waals surface area contributed by atoms with Crippen LogP contribution >= 0.6 is 0 Å². The lowest BCUT2D eigenvalue weighted by atomic mass is 10.1. The number of ether oxygens (including phenoxy) is 2. The number of para-hydroxylation sites is 1. The van der Waals surface area contributed by atoms with Crippen LogP contribution in [0.15, 0.2) is 66.9 Å². The predicted molar refractivity (Wildman–Crippen MR) is 114 cm³/mol. The summed E-state index contributed by atoms with van der Waals surface area (Å²) in [6.45, 7) is 1.14. The fourth-order valence-corrected chi connectivity index (χ4v) is 2.88. The summed E-state index contributed by atoms with van der Waals surface area (Å²) >= 11 is 0. The second-order valence-corrected chi connectivity index (χ2v) is 6.45. The molecule has 29 heavy (non-hydrogen) atoms. The van der Waals surface area contributed by atoms with Crippen molar-refractivity contribution in [1.82, 2.24) is 10.3 Å². The van der Waals surface area contributed by atoms with E-state index in [2.05, 4.69) is 15.6 Å². The van der Waals surface area contributed by atoms with Crippen LogP contribution in [0.3, 0.4) is 0 Å². The summed E-state index contributed by atoms with van der Waals surface area (Å²) in [5, 5.41) is 6.16. The van der Waals surface area contributed by atoms with Crippen molar-refractivity contribution in [2.45, 2.75) is 13.0 Å². The van der Waals surface area contributed by atoms with Crippen LogP contribution in [-0.2, 0) is 13.0 Å². The molecule has 6 nitrogen and oxygen atoms in total. The van der Waals surface area contributed by atoms with E-state index < -0.39 is 0 Å². The Kier molecular flexibility index (Phi) is 7.05. The lowest BCUT2D eigenvalue weighted by Crippen LogP contribution is -2.25. The van der Waals surface area contributed by atoms with Gasteiger partial charge in [0, 0.05) is 24.8 Å². The van der Waals surface area contributed by atoms with Crippen molar-refractivity contribution in [3.8, 4) is 11.5 Å². The molecule has 3 aromatic rings. The summed E-state index contributed by atoms with van der Waals surface area (Å²) in [7, 11) is 3.29. The van der Waals surface area contributed by atoms with E-state index in [4.69, 9.17) is 9.47 Å². The molecule has 0 saturated carbocycles. The van der Waals surface area contributed by atoms with Gasteiger partial charge in [0.1, 0.15) is 17.3 Å². The van der Waals surface area contributed by atoms with Crippen molar-refractivity contribution in [3.63, 3.8) is 0 Å². The van der Waals surface area contributed by atoms with Crippen molar-refractivity contribution in [3.05, 3.63) is 83.6 Å². The van der Waals surface area contributed by atoms with Crippen molar-refractivity contribution >= 4 is 11.7 Å². The molecule has 0 aliphatic heterocycles. The summed E-state index contributed by atoms with van der Waals surface area (Å²) in [6.07, 6.45) is 2.33. The smallest absolute Gasteiger partial charge is 0.252 e. The number of hydrogen-bond donors (Lipinski definition) is 2. The molecule has 6 heteroatoms. The Hall–Kier alpha value is -3.54. The SMILES string of the molecule is COc1ccc(CCNC(=O)c2ccc(NCc3ccccc3OC)nc2)cc1. The van der Waals surface area contributed by atoms with Crippen LogP contribution in [0.4, 0.5) is 5.82 Å². The molecule has 0 aliphatic carbocycles. The summed E-state index contributed by atoms with van der Waals surface area (Å²) in [5.41, 5.74) is 2.71. The van der Waals surface area contributed by atoms with Gasteiger partial charge in [-0.3, -0.25) is 4.79 Å². The first kappa shape index (κ1) is 20.2. The predicted octanol–water partition coefficient (Wildman–Crippen LogP) is 3.68. The fraction of sp³-hybridized carbons (Fsp3) is 0.217. The molecule has 1 heterocycles. The number of anilines is 1. The van der Waals surface area contributed by atoms with E-state index in [9.17, 15) is 4.79 Å². The van der Waals surface area contributed by atoms with Gasteiger partial charge in [-0.1, -0.05) is 30.3 Å². The Morgan fingerprint density at radius 2 is 1.76 bits per heavy atom. The standard InChI is InChI=1S/C23H25N3O3/c1-28-20-10-7-17(8-11-20)13-14-24-23(27)19-9-12-22(26-16-19)25-15-18-5-3-4-6-21(18)29-2/h3-12,16H,13-15H2,1-2H3,(H,24,27)(H,25,26). The largest absolute Gasteiger partial charge is 0.497 e. The maximum absolute atomic E-state index is 12.3. The molecule has 0 saturated heterocycles. The van der Waals surface area contributed by atoms with Crippen LogP contribution < -0.4 is 20.1 Å². The van der Waals surface area contributed by atoms with Gasteiger partial charge in [-0.15, -0.1) is 0 Å². The molecule has 0 radical (unpaired) electrons. The third kappa shape index (κ3) is 5.72. The zero-order chi connectivity index (χ0) is 20.5. The third-order valence-corrected chi connectivity index (χ3v) is 4.54. The molecule has 2 N–H and O–H groups in total. The van der Waals surface area contributed by atoms with E-state index in [1.165, 1.54) is 0 Å². The molecule has 3 rings (SSSR count). The Morgan fingerprint density at radius 3 is 2.45 bits per heavy atom. The molecule has 0 bridgehead atoms. The molecule has 150 valence electrons. The van der Waals surface area contributed by atoms with Crippen molar-refractivity contribution in [1.29, 1.82) is 0 Å². The second kappa shape index (κ2) is 10.1. The van der Waals surface area contributed by atoms with Gasteiger partial charge >= 0.3 is 0 Å². The van der Waals surface area contributed by atoms with Gasteiger partial charge in [-0.25, -0.2) is 4.98 Å². The number of nitrogens with zero attached hydrogens (tertiary/aromatic N) is 1. The zero-order valence-corrected chi connectivity index (χ0v) is 16.6. The number of aromatic nitrogens is 1. The van der Waals surface area contributed by atoms with Crippen LogP contribution in [0.5, 0.6) is 11.5 Å². The topological polar surface area (TPSA) is 72.5 Å². The Morgan fingerprint density at radius 1 is 0.966 bits per heavy atom. The van der Waals surface area contributed by atoms with Gasteiger partial charge in [0.15, 0.2) is 0 Å². The quantitative estimate of drug-likeness (QED) is 0.582. The summed E-state index contributed by atoms with van der Waals surface area (Å²) in [6, 6.07) is 19.2. The molecular weight excluding hydrogens is 366 g/mol. The van der Waals surface area contributed by atoms with E-state index in [0.717, 1.165) is 29.0 Å². The van der Waals surface area contributed by atoms with Gasteiger partial charge in [-0.05, 0) is 42.3 Å². The van der Waals surface area contributed by atoms with Crippen LogP contribution in [-0.4, -0.2) is 31.7 Å². The number of rotatable bonds is 9. The average molecular weight is 391 g/mol. The number of carbonyl (C=O) groups excluding carboxylic acids is 1. The van der Waals surface area contributed by atoms with Crippen LogP contribution in [0.2, 0.25) is 0 Å². The first-order valence-electron chi connectivity index (χ1n) is 9.42. The van der Waals surface area contributed by atoms with Gasteiger partial charge < -0.3 is 20.1 Å². The lowest BCUT2D eigenvalue weighted by Gasteiger charge is -2.10. The van der Waals surface area contributed by atoms with E-state index in [-0.39, 0.29) is 5.91 Å². The van der Waals surface area contributed by atoms with Gasteiger partial charge in [-0.2, -0.15) is 0 Å². The first-order chi connectivity index (χ1) is 14.2. The van der Waals surface area contributed by atoms with Crippen molar-refractivity contribution < 1.29 is 14.3 Å². The highest BCUT2D eigenvalue weighted by molar-refractivity contribution is 5.94. The minimum Gasteiger partial charge on any atom is -0.497 e. The minimum atomic E-state index is -0.137. The third-order valence-electron chi connectivity index (χ3n) is 4.54. The zero-order valence-electron chi connectivity index (χ0n) is 16.6. The molecule has 0 atom stereocenters. The monoisotopic (exact) mass is 391 g/mol. The lowest BCUT2D eigenvalue weighted by molar-refractivity contribution is 0.0954. The van der Waals surface area contributed by atoms with Gasteiger partial charge in [0.05, 0.1) is 19.8 Å². The van der Waals surface area contributed by atoms with E-state index >= 15 is 0 Å². The molecule has 0 fully saturated rings. The highest BCUT2D eigenvalue weighted by atomic mass is 16.5. The summed E-state index contributed by atoms with van der Waals surface area (Å²) in [4.78, 5) is 16.6. The number of hydrogen-bond acceptors (Lipinski definition) is 5. The maximum atomic E-state index is 12.3. The normalized spacial score (nSPS) is 10.3. The molecule has 0 unspecified atom stereocenters. The fourth-order valence-electron chi connectivity index (χ4n) is 2.88. The average Bonchev–Trinajstić information content (AvgIpc) is 2.78. The molecular formula is C23H25N3O3. The Balaban J connectivity index is 1.48. The van der Waals surface area contributed by atoms with E-state index in [1.807, 2.05) is 48.5 Å². The number of carbonyl (C=O) groups is 1. The number of amides is 1. The van der Waals surface area contributed by atoms with Gasteiger partial charge in [0.25, 0.3) is 5.91 Å². The van der Waals surface area contributed by atoms with Crippen LogP contribution in [0.1, 0.15) is 21.5 Å². The Bertz CT molecular complexity index is 925. The number of methoxy groups -OCH3 is 2. The number of nitrogens with one attached hydrogen (secondary N) is 2. The Labute approximate surface area is 170 Å². The maximum Gasteiger partial charge on any atom is 0.252 e. The number of pyridine rings is 1. The van der Waals surface area contributed by atoms with Crippen LogP contribution in [0.25, 0.3) is 0 Å². The van der Waals surface area contributed by atoms with Crippen LogP contribution in [0, 0.1) is 0 Å². The van der Waals surface area contributed by atoms with E-state index in [1.54, 1.807) is 32.5 Å². The molecule has 0 spiro atoms. The summed E-state index contributed by atoms with van der Waals surface area (Å²) < 4.78 is 10.5. The molecule has 1 amide bonds. The summed E-state index contributed by atoms with van der Waals surface area (Å²) in [5.74, 6) is 2.21. The first-order valence-corrected chi connectivity index (χ1v) is 9.42. The number of benzene rings is 2. The molecule has 2 aromatic carbocycles. The molecule has 0 aliphatic rings. The van der Waals surface area contributed by atoms with Crippen molar-refractivity contribution in [2.75, 3.05) is 26.1 Å². The van der Waals surface area contributed by atoms with Crippen molar-refractivity contribution in [2.24, 2.45) is 0 Å². The minimum absolute atomic E-state index is 0.137. The highest BCUT2D eigenvalue weighted by Crippen LogP contribution is 2.18. The second-order valence-electron chi connectivity index (χ2n) is 6.45.